The predicted octanol–water partition coefficient (Wildman–Crippen LogP) is 2.52. The van der Waals surface area contributed by atoms with Crippen LogP contribution in [0.2, 0.25) is 5.02 Å². The molecule has 1 atom stereocenters. The molecule has 1 fully saturated rings. The summed E-state index contributed by atoms with van der Waals surface area (Å²) in [5.41, 5.74) is 0.506. The second-order valence-electron chi connectivity index (χ2n) is 6.87. The zero-order valence-electron chi connectivity index (χ0n) is 16.0. The van der Waals surface area contributed by atoms with Gasteiger partial charge in [-0.2, -0.15) is 0 Å². The summed E-state index contributed by atoms with van der Waals surface area (Å²) in [6, 6.07) is 6.69. The quantitative estimate of drug-likeness (QED) is 0.521. The minimum absolute atomic E-state index is 0.0209. The lowest BCUT2D eigenvalue weighted by molar-refractivity contribution is 0.0674. The van der Waals surface area contributed by atoms with Gasteiger partial charge in [-0.25, -0.2) is 26.8 Å². The molecule has 12 heteroatoms. The Hall–Kier alpha value is -1.56. The van der Waals surface area contributed by atoms with Crippen LogP contribution in [0.25, 0.3) is 0 Å². The van der Waals surface area contributed by atoms with E-state index in [-0.39, 0.29) is 40.9 Å². The summed E-state index contributed by atoms with van der Waals surface area (Å²) in [6.45, 7) is 1.56. The molecule has 162 valence electrons. The van der Waals surface area contributed by atoms with Crippen molar-refractivity contribution in [3.63, 3.8) is 0 Å². The van der Waals surface area contributed by atoms with Gasteiger partial charge in [-0.15, -0.1) is 0 Å². The molecule has 2 heterocycles. The van der Waals surface area contributed by atoms with Gasteiger partial charge in [0, 0.05) is 17.1 Å². The Morgan fingerprint density at radius 1 is 1.37 bits per heavy atom. The summed E-state index contributed by atoms with van der Waals surface area (Å²) in [7, 11) is -7.02. The molecule has 1 aromatic carbocycles. The Labute approximate surface area is 188 Å². The average Bonchev–Trinajstić information content (AvgIpc) is 3.05. The molecule has 2 aromatic rings. The molecule has 0 spiro atoms. The number of halogens is 2. The van der Waals surface area contributed by atoms with Crippen molar-refractivity contribution >= 4 is 53.1 Å². The van der Waals surface area contributed by atoms with Gasteiger partial charge < -0.3 is 4.90 Å². The van der Waals surface area contributed by atoms with Crippen molar-refractivity contribution in [3.8, 4) is 0 Å². The van der Waals surface area contributed by atoms with Crippen LogP contribution in [-0.4, -0.2) is 60.9 Å². The van der Waals surface area contributed by atoms with Crippen molar-refractivity contribution in [2.75, 3.05) is 17.3 Å². The lowest BCUT2D eigenvalue weighted by Crippen LogP contribution is -2.41. The van der Waals surface area contributed by atoms with Gasteiger partial charge in [-0.05, 0) is 24.1 Å². The number of sulfone groups is 2. The molecule has 1 aromatic heterocycles. The van der Waals surface area contributed by atoms with Gasteiger partial charge in [0.1, 0.15) is 0 Å². The van der Waals surface area contributed by atoms with Gasteiger partial charge in [0.05, 0.1) is 28.5 Å². The molecule has 1 amide bonds. The fourth-order valence-electron chi connectivity index (χ4n) is 3.14. The molecule has 0 bridgehead atoms. The maximum atomic E-state index is 13.4. The third-order valence-corrected chi connectivity index (χ3v) is 8.77. The van der Waals surface area contributed by atoms with Crippen LogP contribution in [0.5, 0.6) is 0 Å². The van der Waals surface area contributed by atoms with Gasteiger partial charge in [0.2, 0.25) is 15.0 Å². The van der Waals surface area contributed by atoms with Crippen LogP contribution in [0.1, 0.15) is 29.4 Å². The number of rotatable bonds is 6. The minimum atomic E-state index is -3.75. The molecular weight excluding hydrogens is 518 g/mol. The van der Waals surface area contributed by atoms with E-state index in [1.165, 1.54) is 11.8 Å². The van der Waals surface area contributed by atoms with Gasteiger partial charge in [-0.1, -0.05) is 46.6 Å². The van der Waals surface area contributed by atoms with Crippen LogP contribution in [-0.2, 0) is 26.2 Å². The standard InChI is InChI=1S/C18H19BrClN3O5S2/c1-2-30(27,28)18-21-9-15(20)16(22-18)17(24)23(14-6-7-29(25,26)11-14)10-12-4-3-5-13(19)8-12/h3-5,8-9,14H,2,6-7,10-11H2,1H3. The van der Waals surface area contributed by atoms with Crippen LogP contribution < -0.4 is 0 Å². The summed E-state index contributed by atoms with van der Waals surface area (Å²) in [5.74, 6) is -1.06. The van der Waals surface area contributed by atoms with E-state index in [0.717, 1.165) is 16.2 Å². The van der Waals surface area contributed by atoms with Gasteiger partial charge in [-0.3, -0.25) is 4.79 Å². The molecule has 30 heavy (non-hydrogen) atoms. The average molecular weight is 537 g/mol. The molecule has 0 saturated carbocycles. The van der Waals surface area contributed by atoms with Crippen LogP contribution in [0.3, 0.4) is 0 Å². The largest absolute Gasteiger partial charge is 0.329 e. The van der Waals surface area contributed by atoms with Crippen molar-refractivity contribution in [1.29, 1.82) is 0 Å². The SMILES string of the molecule is CCS(=O)(=O)c1ncc(Cl)c(C(=O)N(Cc2cccc(Br)c2)C2CCS(=O)(=O)C2)n1. The van der Waals surface area contributed by atoms with E-state index < -0.39 is 36.8 Å². The Morgan fingerprint density at radius 2 is 2.10 bits per heavy atom. The Kier molecular flexibility index (Phi) is 6.85. The van der Waals surface area contributed by atoms with E-state index in [2.05, 4.69) is 25.9 Å². The van der Waals surface area contributed by atoms with Crippen LogP contribution in [0.15, 0.2) is 40.1 Å². The first kappa shape index (κ1) is 23.1. The normalized spacial score (nSPS) is 18.3. The molecule has 0 radical (unpaired) electrons. The highest BCUT2D eigenvalue weighted by Crippen LogP contribution is 2.25. The fraction of sp³-hybridized carbons (Fsp3) is 0.389. The first-order valence-electron chi connectivity index (χ1n) is 9.03. The van der Waals surface area contributed by atoms with Crippen LogP contribution in [0, 0.1) is 0 Å². The molecule has 1 aliphatic rings. The summed E-state index contributed by atoms with van der Waals surface area (Å²) in [5, 5.41) is -0.589. The van der Waals surface area contributed by atoms with Crippen molar-refractivity contribution in [3.05, 3.63) is 51.2 Å². The Balaban J connectivity index is 2.03. The highest BCUT2D eigenvalue weighted by molar-refractivity contribution is 9.10. The number of benzene rings is 1. The number of carbonyl (C=O) groups excluding carboxylic acids is 1. The zero-order chi connectivity index (χ0) is 22.1. The lowest BCUT2D eigenvalue weighted by Gasteiger charge is -2.28. The molecule has 1 aliphatic heterocycles. The summed E-state index contributed by atoms with van der Waals surface area (Å²) in [6.07, 6.45) is 1.36. The molecular formula is C18H19BrClN3O5S2. The van der Waals surface area contributed by atoms with E-state index in [0.29, 0.717) is 0 Å². The molecule has 1 unspecified atom stereocenters. The second kappa shape index (κ2) is 8.89. The third-order valence-electron chi connectivity index (χ3n) is 4.73. The number of hydrogen-bond acceptors (Lipinski definition) is 7. The van der Waals surface area contributed by atoms with Crippen LogP contribution >= 0.6 is 27.5 Å². The smallest absolute Gasteiger partial charge is 0.274 e. The lowest BCUT2D eigenvalue weighted by atomic mass is 10.1. The van der Waals surface area contributed by atoms with Crippen molar-refractivity contribution in [2.45, 2.75) is 31.1 Å². The van der Waals surface area contributed by atoms with Crippen molar-refractivity contribution in [1.82, 2.24) is 14.9 Å². The topological polar surface area (TPSA) is 114 Å². The summed E-state index contributed by atoms with van der Waals surface area (Å²) >= 11 is 9.51. The zero-order valence-corrected chi connectivity index (χ0v) is 19.9. The summed E-state index contributed by atoms with van der Waals surface area (Å²) in [4.78, 5) is 22.4. The minimum Gasteiger partial charge on any atom is -0.329 e. The number of nitrogens with zero attached hydrogens (tertiary/aromatic N) is 3. The second-order valence-corrected chi connectivity index (χ2v) is 12.6. The monoisotopic (exact) mass is 535 g/mol. The van der Waals surface area contributed by atoms with Crippen LogP contribution in [0.4, 0.5) is 0 Å². The Morgan fingerprint density at radius 3 is 2.70 bits per heavy atom. The van der Waals surface area contributed by atoms with Crippen molar-refractivity contribution < 1.29 is 21.6 Å². The van der Waals surface area contributed by atoms with Gasteiger partial charge in [0.15, 0.2) is 15.5 Å². The number of aromatic nitrogens is 2. The number of hydrogen-bond donors (Lipinski definition) is 0. The van der Waals surface area contributed by atoms with Gasteiger partial charge >= 0.3 is 0 Å². The predicted molar refractivity (Wildman–Crippen MR) is 116 cm³/mol. The first-order chi connectivity index (χ1) is 14.0. The number of carbonyl (C=O) groups is 1. The molecule has 0 N–H and O–H groups in total. The number of amides is 1. The fourth-order valence-corrected chi connectivity index (χ4v) is 6.19. The molecule has 8 nitrogen and oxygen atoms in total. The highest BCUT2D eigenvalue weighted by Gasteiger charge is 2.36. The first-order valence-corrected chi connectivity index (χ1v) is 13.7. The van der Waals surface area contributed by atoms with Gasteiger partial charge in [0.25, 0.3) is 5.91 Å². The van der Waals surface area contributed by atoms with E-state index in [9.17, 15) is 21.6 Å². The van der Waals surface area contributed by atoms with E-state index in [1.54, 1.807) is 6.07 Å². The molecule has 0 aliphatic carbocycles. The van der Waals surface area contributed by atoms with E-state index in [1.807, 2.05) is 18.2 Å². The highest BCUT2D eigenvalue weighted by atomic mass is 79.9. The third kappa shape index (κ3) is 5.19. The maximum absolute atomic E-state index is 13.4. The van der Waals surface area contributed by atoms with E-state index in [4.69, 9.17) is 11.6 Å². The van der Waals surface area contributed by atoms with Crippen molar-refractivity contribution in [2.24, 2.45) is 0 Å². The Bertz CT molecular complexity index is 1190. The van der Waals surface area contributed by atoms with E-state index >= 15 is 0 Å². The molecule has 3 rings (SSSR count). The summed E-state index contributed by atoms with van der Waals surface area (Å²) < 4.78 is 49.2. The molecule has 1 saturated heterocycles. The maximum Gasteiger partial charge on any atom is 0.274 e.